The van der Waals surface area contributed by atoms with Crippen LogP contribution in [-0.2, 0) is 4.74 Å². The van der Waals surface area contributed by atoms with Crippen molar-refractivity contribution in [1.29, 1.82) is 0 Å². The molecule has 1 aliphatic rings. The van der Waals surface area contributed by atoms with Gasteiger partial charge in [-0.1, -0.05) is 19.8 Å². The van der Waals surface area contributed by atoms with Crippen LogP contribution >= 0.6 is 0 Å². The molecule has 0 saturated heterocycles. The Hall–Kier alpha value is -0.120. The van der Waals surface area contributed by atoms with Crippen LogP contribution in [0.25, 0.3) is 0 Å². The molecule has 0 aliphatic heterocycles. The third kappa shape index (κ3) is 5.28. The van der Waals surface area contributed by atoms with Gasteiger partial charge in [0, 0.05) is 32.8 Å². The molecule has 1 saturated carbocycles. The summed E-state index contributed by atoms with van der Waals surface area (Å²) in [7, 11) is 1.74. The largest absolute Gasteiger partial charge is 0.383 e. The number of hydrogen-bond acceptors (Lipinski definition) is 3. The fourth-order valence-electron chi connectivity index (χ4n) is 2.39. The van der Waals surface area contributed by atoms with Gasteiger partial charge in [0.1, 0.15) is 0 Å². The van der Waals surface area contributed by atoms with Crippen molar-refractivity contribution in [3.8, 4) is 0 Å². The van der Waals surface area contributed by atoms with Gasteiger partial charge in [-0.25, -0.2) is 0 Å². The first kappa shape index (κ1) is 13.9. The summed E-state index contributed by atoms with van der Waals surface area (Å²) in [4.78, 5) is 0. The first-order valence-electron chi connectivity index (χ1n) is 6.59. The number of methoxy groups -OCH3 is 1. The second-order valence-electron chi connectivity index (χ2n) is 5.50. The second kappa shape index (κ2) is 7.25. The van der Waals surface area contributed by atoms with E-state index in [1.165, 1.54) is 32.2 Å². The van der Waals surface area contributed by atoms with Crippen LogP contribution in [0, 0.1) is 5.41 Å². The van der Waals surface area contributed by atoms with E-state index in [0.717, 1.165) is 19.7 Å². The number of rotatable bonds is 8. The first-order chi connectivity index (χ1) is 7.66. The summed E-state index contributed by atoms with van der Waals surface area (Å²) in [5.41, 5.74) is 0.556. The lowest BCUT2D eigenvalue weighted by molar-refractivity contribution is 0.198. The van der Waals surface area contributed by atoms with Crippen molar-refractivity contribution in [2.24, 2.45) is 5.41 Å². The van der Waals surface area contributed by atoms with E-state index in [4.69, 9.17) is 4.74 Å². The molecule has 0 amide bonds. The van der Waals surface area contributed by atoms with Gasteiger partial charge in [0.25, 0.3) is 0 Å². The van der Waals surface area contributed by atoms with Crippen LogP contribution in [0.3, 0.4) is 0 Å². The quantitative estimate of drug-likeness (QED) is 0.621. The van der Waals surface area contributed by atoms with E-state index >= 15 is 0 Å². The molecule has 0 spiro atoms. The normalized spacial score (nSPS) is 21.2. The summed E-state index contributed by atoms with van der Waals surface area (Å²) < 4.78 is 5.00. The highest BCUT2D eigenvalue weighted by molar-refractivity contribution is 4.83. The lowest BCUT2D eigenvalue weighted by Crippen LogP contribution is -2.41. The van der Waals surface area contributed by atoms with Crippen molar-refractivity contribution in [2.45, 2.75) is 45.6 Å². The van der Waals surface area contributed by atoms with Gasteiger partial charge >= 0.3 is 0 Å². The van der Waals surface area contributed by atoms with Gasteiger partial charge in [-0.2, -0.15) is 0 Å². The lowest BCUT2D eigenvalue weighted by Gasteiger charge is -2.26. The molecule has 1 aliphatic carbocycles. The second-order valence-corrected chi connectivity index (χ2v) is 5.50. The zero-order valence-corrected chi connectivity index (χ0v) is 11.1. The van der Waals surface area contributed by atoms with Crippen LogP contribution in [0.2, 0.25) is 0 Å². The fourth-order valence-corrected chi connectivity index (χ4v) is 2.39. The molecule has 0 bridgehead atoms. The van der Waals surface area contributed by atoms with Crippen LogP contribution < -0.4 is 10.6 Å². The maximum Gasteiger partial charge on any atom is 0.0587 e. The van der Waals surface area contributed by atoms with E-state index in [0.29, 0.717) is 11.5 Å². The molecular weight excluding hydrogens is 200 g/mol. The number of hydrogen-bond donors (Lipinski definition) is 2. The molecule has 0 aromatic carbocycles. The van der Waals surface area contributed by atoms with E-state index in [9.17, 15) is 0 Å². The van der Waals surface area contributed by atoms with Gasteiger partial charge < -0.3 is 15.4 Å². The van der Waals surface area contributed by atoms with Gasteiger partial charge in [-0.15, -0.1) is 0 Å². The van der Waals surface area contributed by atoms with Crippen LogP contribution in [0.1, 0.15) is 39.5 Å². The summed E-state index contributed by atoms with van der Waals surface area (Å²) in [6.45, 7) is 8.60. The molecule has 3 nitrogen and oxygen atoms in total. The highest BCUT2D eigenvalue weighted by Gasteiger charge is 2.28. The summed E-state index contributed by atoms with van der Waals surface area (Å²) in [5, 5.41) is 7.03. The molecule has 3 heteroatoms. The van der Waals surface area contributed by atoms with Gasteiger partial charge in [0.2, 0.25) is 0 Å². The zero-order valence-electron chi connectivity index (χ0n) is 11.1. The summed E-state index contributed by atoms with van der Waals surface area (Å²) >= 11 is 0. The Morgan fingerprint density at radius 3 is 2.62 bits per heavy atom. The van der Waals surface area contributed by atoms with Crippen molar-refractivity contribution >= 4 is 0 Å². The molecular formula is C13H28N2O. The minimum absolute atomic E-state index is 0.550. The minimum Gasteiger partial charge on any atom is -0.383 e. The number of nitrogens with one attached hydrogen (secondary N) is 2. The third-order valence-corrected chi connectivity index (χ3v) is 3.62. The lowest BCUT2D eigenvalue weighted by atomic mass is 9.89. The first-order valence-corrected chi connectivity index (χ1v) is 6.59. The Bertz CT molecular complexity index is 179. The molecule has 1 rings (SSSR count). The Balaban J connectivity index is 2.03. The number of ether oxygens (including phenoxy) is 1. The van der Waals surface area contributed by atoms with Crippen molar-refractivity contribution in [2.75, 3.05) is 33.4 Å². The predicted molar refractivity (Wildman–Crippen MR) is 68.8 cm³/mol. The smallest absolute Gasteiger partial charge is 0.0587 e. The Labute approximate surface area is 100 Å². The predicted octanol–water partition coefficient (Wildman–Crippen LogP) is 1.78. The molecule has 1 unspecified atom stereocenters. The Morgan fingerprint density at radius 2 is 2.00 bits per heavy atom. The molecule has 2 N–H and O–H groups in total. The van der Waals surface area contributed by atoms with Crippen LogP contribution in [0.5, 0.6) is 0 Å². The van der Waals surface area contributed by atoms with E-state index in [1.807, 2.05) is 0 Å². The zero-order chi connectivity index (χ0) is 11.9. The van der Waals surface area contributed by atoms with Crippen molar-refractivity contribution in [3.63, 3.8) is 0 Å². The van der Waals surface area contributed by atoms with Crippen molar-refractivity contribution in [3.05, 3.63) is 0 Å². The van der Waals surface area contributed by atoms with Crippen LogP contribution in [0.15, 0.2) is 0 Å². The maximum absolute atomic E-state index is 5.00. The van der Waals surface area contributed by atoms with E-state index in [2.05, 4.69) is 24.5 Å². The standard InChI is InChI=1S/C13H28N2O/c1-12(10-14-8-9-16-3)15-11-13(2)6-4-5-7-13/h12,14-15H,4-11H2,1-3H3. The summed E-state index contributed by atoms with van der Waals surface area (Å²) in [5.74, 6) is 0. The maximum atomic E-state index is 5.00. The van der Waals surface area contributed by atoms with Gasteiger partial charge in [0.05, 0.1) is 6.61 Å². The summed E-state index contributed by atoms with van der Waals surface area (Å²) in [6.07, 6.45) is 5.62. The molecule has 1 fully saturated rings. The average Bonchev–Trinajstić information content (AvgIpc) is 2.70. The third-order valence-electron chi connectivity index (χ3n) is 3.62. The van der Waals surface area contributed by atoms with Crippen molar-refractivity contribution in [1.82, 2.24) is 10.6 Å². The highest BCUT2D eigenvalue weighted by Crippen LogP contribution is 2.36. The van der Waals surface area contributed by atoms with E-state index in [-0.39, 0.29) is 0 Å². The molecule has 16 heavy (non-hydrogen) atoms. The van der Waals surface area contributed by atoms with Crippen LogP contribution in [0.4, 0.5) is 0 Å². The Kier molecular flexibility index (Phi) is 6.32. The van der Waals surface area contributed by atoms with Crippen molar-refractivity contribution < 1.29 is 4.74 Å². The van der Waals surface area contributed by atoms with Gasteiger partial charge in [0.15, 0.2) is 0 Å². The molecule has 96 valence electrons. The van der Waals surface area contributed by atoms with E-state index < -0.39 is 0 Å². The molecule has 0 aromatic rings. The SMILES string of the molecule is COCCNCC(C)NCC1(C)CCCC1. The summed E-state index contributed by atoms with van der Waals surface area (Å²) in [6, 6.07) is 0.550. The molecule has 0 radical (unpaired) electrons. The topological polar surface area (TPSA) is 33.3 Å². The average molecular weight is 228 g/mol. The molecule has 0 heterocycles. The van der Waals surface area contributed by atoms with Gasteiger partial charge in [-0.05, 0) is 25.2 Å². The van der Waals surface area contributed by atoms with Gasteiger partial charge in [-0.3, -0.25) is 0 Å². The van der Waals surface area contributed by atoms with E-state index in [1.54, 1.807) is 7.11 Å². The fraction of sp³-hybridized carbons (Fsp3) is 1.00. The highest BCUT2D eigenvalue weighted by atomic mass is 16.5. The monoisotopic (exact) mass is 228 g/mol. The van der Waals surface area contributed by atoms with Crippen LogP contribution in [-0.4, -0.2) is 39.4 Å². The minimum atomic E-state index is 0.550. The molecule has 1 atom stereocenters. The molecule has 0 aromatic heterocycles. The Morgan fingerprint density at radius 1 is 1.31 bits per heavy atom.